The molecule has 1 fully saturated rings. The van der Waals surface area contributed by atoms with Crippen molar-refractivity contribution in [3.8, 4) is 0 Å². The van der Waals surface area contributed by atoms with Crippen molar-refractivity contribution in [2.24, 2.45) is 0 Å². The van der Waals surface area contributed by atoms with Crippen molar-refractivity contribution in [3.63, 3.8) is 0 Å². The van der Waals surface area contributed by atoms with Crippen LogP contribution in [0.1, 0.15) is 60.6 Å². The van der Waals surface area contributed by atoms with Crippen molar-refractivity contribution in [2.45, 2.75) is 50.5 Å². The van der Waals surface area contributed by atoms with Crippen molar-refractivity contribution < 1.29 is 14.4 Å². The Morgan fingerprint density at radius 1 is 1.14 bits per heavy atom. The van der Waals surface area contributed by atoms with E-state index in [1.165, 1.54) is 19.3 Å². The van der Waals surface area contributed by atoms with Crippen molar-refractivity contribution in [3.05, 3.63) is 35.7 Å². The highest BCUT2D eigenvalue weighted by molar-refractivity contribution is 6.11. The molecule has 0 radical (unpaired) electrons. The van der Waals surface area contributed by atoms with Gasteiger partial charge in [-0.2, -0.15) is 4.98 Å². The third-order valence-electron chi connectivity index (χ3n) is 5.19. The number of H-pyrrole nitrogens is 1. The van der Waals surface area contributed by atoms with E-state index in [-0.39, 0.29) is 12.4 Å². The van der Waals surface area contributed by atoms with Gasteiger partial charge in [-0.15, -0.1) is 5.10 Å². The monoisotopic (exact) mass is 382 g/mol. The molecule has 0 unspecified atom stereocenters. The number of aromatic amines is 1. The van der Waals surface area contributed by atoms with E-state index >= 15 is 0 Å². The summed E-state index contributed by atoms with van der Waals surface area (Å²) in [5, 5.41) is 14.8. The first-order valence-corrected chi connectivity index (χ1v) is 9.53. The number of nitrogens with zero attached hydrogens (tertiary/aromatic N) is 2. The van der Waals surface area contributed by atoms with Gasteiger partial charge in [0.05, 0.1) is 17.7 Å². The molecule has 0 saturated heterocycles. The first-order chi connectivity index (χ1) is 13.6. The lowest BCUT2D eigenvalue weighted by Gasteiger charge is -2.18. The first kappa shape index (κ1) is 18.1. The molecular formula is C19H22N6O3. The fourth-order valence-corrected chi connectivity index (χ4v) is 3.71. The number of rotatable bonds is 4. The maximum absolute atomic E-state index is 12.4. The topological polar surface area (TPSA) is 129 Å². The van der Waals surface area contributed by atoms with Gasteiger partial charge in [-0.05, 0) is 25.0 Å². The van der Waals surface area contributed by atoms with E-state index in [1.54, 1.807) is 24.3 Å². The maximum atomic E-state index is 12.4. The van der Waals surface area contributed by atoms with Gasteiger partial charge < -0.3 is 10.6 Å². The molecule has 1 atom stereocenters. The Bertz CT molecular complexity index is 903. The van der Waals surface area contributed by atoms with Crippen LogP contribution in [-0.4, -0.2) is 38.9 Å². The van der Waals surface area contributed by atoms with Gasteiger partial charge in [0.1, 0.15) is 11.9 Å². The highest BCUT2D eigenvalue weighted by Gasteiger charge is 2.29. The molecule has 4 rings (SSSR count). The predicted molar refractivity (Wildman–Crippen MR) is 102 cm³/mol. The molecule has 2 aromatic rings. The van der Waals surface area contributed by atoms with Crippen LogP contribution in [0.2, 0.25) is 0 Å². The standard InChI is InChI=1S/C19H22N6O3/c26-15(22-19-23-16(24-25-19)11-6-2-1-3-7-11)10-14-18(28)20-13-9-5-4-8-12(13)17(27)21-14/h4-5,8-9,11,14H,1-3,6-7,10H2,(H,20,28)(H,21,27)(H2,22,23,24,25,26)/t14-/m1/s1. The summed E-state index contributed by atoms with van der Waals surface area (Å²) in [6.45, 7) is 0. The zero-order valence-corrected chi connectivity index (χ0v) is 15.3. The second-order valence-corrected chi connectivity index (χ2v) is 7.19. The SMILES string of the molecule is O=C(C[C@H]1NC(=O)c2ccccc2NC1=O)Nc1n[nH]c(C2CCCCC2)n1. The van der Waals surface area contributed by atoms with Gasteiger partial charge in [0.25, 0.3) is 5.91 Å². The Morgan fingerprint density at radius 3 is 2.75 bits per heavy atom. The normalized spacial score (nSPS) is 19.9. The van der Waals surface area contributed by atoms with Gasteiger partial charge in [-0.3, -0.25) is 24.8 Å². The van der Waals surface area contributed by atoms with Crippen LogP contribution in [0.4, 0.5) is 11.6 Å². The van der Waals surface area contributed by atoms with Gasteiger partial charge >= 0.3 is 0 Å². The molecular weight excluding hydrogens is 360 g/mol. The minimum atomic E-state index is -0.975. The second-order valence-electron chi connectivity index (χ2n) is 7.19. The molecule has 0 bridgehead atoms. The lowest BCUT2D eigenvalue weighted by Crippen LogP contribution is -2.43. The predicted octanol–water partition coefficient (Wildman–Crippen LogP) is 1.93. The van der Waals surface area contributed by atoms with Gasteiger partial charge in [-0.1, -0.05) is 31.4 Å². The average molecular weight is 382 g/mol. The van der Waals surface area contributed by atoms with Gasteiger partial charge in [0.15, 0.2) is 0 Å². The number of carbonyl (C=O) groups excluding carboxylic acids is 3. The second kappa shape index (κ2) is 7.79. The zero-order valence-electron chi connectivity index (χ0n) is 15.3. The minimum absolute atomic E-state index is 0.189. The number of nitrogens with one attached hydrogen (secondary N) is 4. The number of anilines is 2. The van der Waals surface area contributed by atoms with E-state index in [0.29, 0.717) is 17.2 Å². The van der Waals surface area contributed by atoms with E-state index in [0.717, 1.165) is 18.7 Å². The van der Waals surface area contributed by atoms with Crippen molar-refractivity contribution in [1.82, 2.24) is 20.5 Å². The fraction of sp³-hybridized carbons (Fsp3) is 0.421. The Hall–Kier alpha value is -3.23. The average Bonchev–Trinajstić information content (AvgIpc) is 3.12. The van der Waals surface area contributed by atoms with Crippen LogP contribution < -0.4 is 16.0 Å². The summed E-state index contributed by atoms with van der Waals surface area (Å²) >= 11 is 0. The summed E-state index contributed by atoms with van der Waals surface area (Å²) in [5.74, 6) is 0.0358. The summed E-state index contributed by atoms with van der Waals surface area (Å²) in [5.41, 5.74) is 0.795. The Kier molecular flexibility index (Phi) is 5.05. The molecule has 3 amide bonds. The molecule has 1 aromatic carbocycles. The number of hydrogen-bond acceptors (Lipinski definition) is 5. The molecule has 1 aliphatic carbocycles. The van der Waals surface area contributed by atoms with E-state index < -0.39 is 23.8 Å². The molecule has 0 spiro atoms. The lowest BCUT2D eigenvalue weighted by atomic mass is 9.89. The Morgan fingerprint density at radius 2 is 1.93 bits per heavy atom. The van der Waals surface area contributed by atoms with Crippen LogP contribution in [-0.2, 0) is 9.59 Å². The molecule has 9 nitrogen and oxygen atoms in total. The van der Waals surface area contributed by atoms with Gasteiger partial charge in [0, 0.05) is 5.92 Å². The molecule has 2 aliphatic rings. The molecule has 1 saturated carbocycles. The first-order valence-electron chi connectivity index (χ1n) is 9.53. The Labute approximate surface area is 161 Å². The third kappa shape index (κ3) is 3.88. The number of para-hydroxylation sites is 1. The Balaban J connectivity index is 1.38. The summed E-state index contributed by atoms with van der Waals surface area (Å²) in [6, 6.07) is 5.73. The largest absolute Gasteiger partial charge is 0.340 e. The van der Waals surface area contributed by atoms with Crippen LogP contribution in [0.5, 0.6) is 0 Å². The number of hydrogen-bond donors (Lipinski definition) is 4. The highest BCUT2D eigenvalue weighted by atomic mass is 16.2. The van der Waals surface area contributed by atoms with E-state index in [2.05, 4.69) is 31.1 Å². The molecule has 146 valence electrons. The van der Waals surface area contributed by atoms with Crippen LogP contribution in [0.15, 0.2) is 24.3 Å². The summed E-state index contributed by atoms with van der Waals surface area (Å²) in [7, 11) is 0. The highest BCUT2D eigenvalue weighted by Crippen LogP contribution is 2.30. The maximum Gasteiger partial charge on any atom is 0.254 e. The molecule has 1 aliphatic heterocycles. The summed E-state index contributed by atoms with van der Waals surface area (Å²) in [6.07, 6.45) is 5.51. The number of carbonyl (C=O) groups is 3. The van der Waals surface area contributed by atoms with Crippen molar-refractivity contribution in [1.29, 1.82) is 0 Å². The minimum Gasteiger partial charge on any atom is -0.340 e. The molecule has 2 heterocycles. The molecule has 28 heavy (non-hydrogen) atoms. The number of aromatic nitrogens is 3. The molecule has 1 aromatic heterocycles. The van der Waals surface area contributed by atoms with E-state index in [4.69, 9.17) is 0 Å². The quantitative estimate of drug-likeness (QED) is 0.642. The smallest absolute Gasteiger partial charge is 0.254 e. The van der Waals surface area contributed by atoms with E-state index in [1.807, 2.05) is 0 Å². The van der Waals surface area contributed by atoms with E-state index in [9.17, 15) is 14.4 Å². The number of fused-ring (bicyclic) bond motifs is 1. The van der Waals surface area contributed by atoms with Crippen molar-refractivity contribution in [2.75, 3.05) is 10.6 Å². The van der Waals surface area contributed by atoms with Gasteiger partial charge in [0.2, 0.25) is 17.8 Å². The lowest BCUT2D eigenvalue weighted by molar-refractivity contribution is -0.122. The van der Waals surface area contributed by atoms with Crippen molar-refractivity contribution >= 4 is 29.4 Å². The summed E-state index contributed by atoms with van der Waals surface area (Å²) in [4.78, 5) is 41.4. The fourth-order valence-electron chi connectivity index (χ4n) is 3.71. The van der Waals surface area contributed by atoms with Crippen LogP contribution in [0, 0.1) is 0 Å². The van der Waals surface area contributed by atoms with Crippen LogP contribution in [0.3, 0.4) is 0 Å². The molecule has 4 N–H and O–H groups in total. The summed E-state index contributed by atoms with van der Waals surface area (Å²) < 4.78 is 0. The van der Waals surface area contributed by atoms with Crippen LogP contribution >= 0.6 is 0 Å². The number of amides is 3. The molecule has 9 heteroatoms. The third-order valence-corrected chi connectivity index (χ3v) is 5.19. The zero-order chi connectivity index (χ0) is 19.5. The van der Waals surface area contributed by atoms with Gasteiger partial charge in [-0.25, -0.2) is 0 Å². The number of benzene rings is 1. The van der Waals surface area contributed by atoms with Crippen LogP contribution in [0.25, 0.3) is 0 Å².